The minimum atomic E-state index is -0.777. The first-order chi connectivity index (χ1) is 35.7. The average molecular weight is 1020 g/mol. The van der Waals surface area contributed by atoms with Crippen LogP contribution in [-0.4, -0.2) is 118 Å². The van der Waals surface area contributed by atoms with Crippen LogP contribution in [0.15, 0.2) is 182 Å². The molecule has 1 amide bonds. The van der Waals surface area contributed by atoms with Crippen molar-refractivity contribution in [3.05, 3.63) is 215 Å². The third-order valence-electron chi connectivity index (χ3n) is 12.8. The number of nitrogens with one attached hydrogen (secondary N) is 1. The number of methoxy groups -OCH3 is 2. The van der Waals surface area contributed by atoms with Gasteiger partial charge in [-0.2, -0.15) is 0 Å². The summed E-state index contributed by atoms with van der Waals surface area (Å²) in [5.74, 6) is 0.0231. The van der Waals surface area contributed by atoms with Crippen molar-refractivity contribution in [1.29, 1.82) is 0 Å². The van der Waals surface area contributed by atoms with Crippen LogP contribution in [0.3, 0.4) is 0 Å². The molecule has 0 aliphatic rings. The van der Waals surface area contributed by atoms with Crippen LogP contribution in [0, 0.1) is 0 Å². The standard InChI is InChI=1S/C60H67N3O8S2/c1-69-57(67)46-63(39-41-71-47-64)55(58(68)70-2)37-23-9-22-36-54(65)44-62(40-43-73-60(51-30-16-6-17-31-51,52-32-18-7-19-33-52)53-34-20-8-21-35-53)45-56(66)61-38-42-72-59(48-24-10-3-11-25-48,49-26-12-4-13-27-49)50-28-14-5-15-29-50/h3-8,10-21,24-35,47,55H,9,22-23,36-46H2,1-2H3,(H,61,66). The number of benzene rings is 6. The van der Waals surface area contributed by atoms with Gasteiger partial charge in [-0.05, 0) is 46.2 Å². The number of esters is 2. The summed E-state index contributed by atoms with van der Waals surface area (Å²) in [7, 11) is 2.55. The van der Waals surface area contributed by atoms with Gasteiger partial charge in [-0.25, -0.2) is 0 Å². The largest absolute Gasteiger partial charge is 0.468 e. The molecule has 1 N–H and O–H groups in total. The molecule has 1 unspecified atom stereocenters. The molecule has 0 spiro atoms. The van der Waals surface area contributed by atoms with Gasteiger partial charge in [-0.1, -0.05) is 195 Å². The minimum absolute atomic E-state index is 0.00927. The maximum absolute atomic E-state index is 14.1. The predicted octanol–water partition coefficient (Wildman–Crippen LogP) is 9.56. The molecule has 0 saturated heterocycles. The van der Waals surface area contributed by atoms with Crippen LogP contribution >= 0.6 is 23.5 Å². The van der Waals surface area contributed by atoms with Crippen molar-refractivity contribution in [2.45, 2.75) is 47.6 Å². The molecule has 0 radical (unpaired) electrons. The number of thioether (sulfide) groups is 2. The molecule has 0 heterocycles. The molecule has 0 aliphatic heterocycles. The van der Waals surface area contributed by atoms with Crippen LogP contribution in [0.5, 0.6) is 0 Å². The van der Waals surface area contributed by atoms with E-state index in [0.29, 0.717) is 56.8 Å². The van der Waals surface area contributed by atoms with Crippen LogP contribution in [0.1, 0.15) is 65.5 Å². The lowest BCUT2D eigenvalue weighted by atomic mass is 9.84. The number of carbonyl (C=O) groups excluding carboxylic acids is 5. The molecule has 382 valence electrons. The summed E-state index contributed by atoms with van der Waals surface area (Å²) in [6.45, 7) is 1.26. The molecule has 11 nitrogen and oxygen atoms in total. The second kappa shape index (κ2) is 29.9. The van der Waals surface area contributed by atoms with Gasteiger partial charge in [0.2, 0.25) is 5.91 Å². The molecular weight excluding hydrogens is 955 g/mol. The van der Waals surface area contributed by atoms with Crippen molar-refractivity contribution in [2.75, 3.05) is 71.6 Å². The number of ether oxygens (including phenoxy) is 3. The number of Topliss-reactive ketones (excluding diaryl/α,β-unsaturated/α-hetero) is 1. The lowest BCUT2D eigenvalue weighted by Gasteiger charge is -2.36. The van der Waals surface area contributed by atoms with Gasteiger partial charge in [0.1, 0.15) is 18.4 Å². The molecule has 0 bridgehead atoms. The Labute approximate surface area is 439 Å². The highest BCUT2D eigenvalue weighted by molar-refractivity contribution is 8.00. The zero-order chi connectivity index (χ0) is 51.6. The fraction of sp³-hybridized carbons (Fsp3) is 0.317. The molecule has 0 saturated carbocycles. The second-order valence-corrected chi connectivity index (χ2v) is 20.1. The zero-order valence-corrected chi connectivity index (χ0v) is 43.5. The predicted molar refractivity (Wildman–Crippen MR) is 292 cm³/mol. The molecule has 73 heavy (non-hydrogen) atoms. The topological polar surface area (TPSA) is 132 Å². The molecule has 13 heteroatoms. The Morgan fingerprint density at radius 2 is 0.986 bits per heavy atom. The van der Waals surface area contributed by atoms with Gasteiger partial charge in [0.05, 0.1) is 43.3 Å². The quantitative estimate of drug-likeness (QED) is 0.0142. The maximum atomic E-state index is 14.1. The van der Waals surface area contributed by atoms with Crippen molar-refractivity contribution >= 4 is 53.6 Å². The molecular formula is C60H67N3O8S2. The van der Waals surface area contributed by atoms with Crippen LogP contribution < -0.4 is 5.32 Å². The number of ketones is 1. The Bertz CT molecular complexity index is 2390. The zero-order valence-electron chi connectivity index (χ0n) is 41.9. The summed E-state index contributed by atoms with van der Waals surface area (Å²) < 4.78 is 13.7. The van der Waals surface area contributed by atoms with E-state index in [-0.39, 0.29) is 50.9 Å². The Balaban J connectivity index is 1.16. The van der Waals surface area contributed by atoms with Gasteiger partial charge in [0.25, 0.3) is 6.47 Å². The Kier molecular flexibility index (Phi) is 22.8. The van der Waals surface area contributed by atoms with Crippen molar-refractivity contribution in [2.24, 2.45) is 0 Å². The van der Waals surface area contributed by atoms with E-state index >= 15 is 0 Å². The fourth-order valence-electron chi connectivity index (χ4n) is 9.28. The lowest BCUT2D eigenvalue weighted by molar-refractivity contribution is -0.151. The lowest BCUT2D eigenvalue weighted by Crippen LogP contribution is -2.46. The van der Waals surface area contributed by atoms with E-state index in [1.54, 1.807) is 28.4 Å². The first-order valence-corrected chi connectivity index (χ1v) is 26.8. The van der Waals surface area contributed by atoms with Crippen molar-refractivity contribution in [3.8, 4) is 0 Å². The molecule has 0 fully saturated rings. The number of unbranched alkanes of at least 4 members (excludes halogenated alkanes) is 2. The van der Waals surface area contributed by atoms with E-state index in [0.717, 1.165) is 33.4 Å². The first kappa shape index (κ1) is 55.8. The number of nitrogens with zero attached hydrogens (tertiary/aromatic N) is 2. The van der Waals surface area contributed by atoms with E-state index in [9.17, 15) is 24.0 Å². The molecule has 0 aromatic heterocycles. The summed E-state index contributed by atoms with van der Waals surface area (Å²) in [5.41, 5.74) is 6.83. The highest BCUT2D eigenvalue weighted by Gasteiger charge is 2.38. The van der Waals surface area contributed by atoms with E-state index < -0.39 is 27.5 Å². The normalized spacial score (nSPS) is 11.9. The first-order valence-electron chi connectivity index (χ1n) is 24.8. The van der Waals surface area contributed by atoms with Crippen LogP contribution in [0.2, 0.25) is 0 Å². The van der Waals surface area contributed by atoms with Crippen LogP contribution in [0.25, 0.3) is 0 Å². The van der Waals surface area contributed by atoms with Gasteiger partial charge in [0, 0.05) is 37.6 Å². The van der Waals surface area contributed by atoms with Crippen molar-refractivity contribution in [1.82, 2.24) is 15.1 Å². The van der Waals surface area contributed by atoms with Gasteiger partial charge in [-0.3, -0.25) is 33.8 Å². The maximum Gasteiger partial charge on any atom is 0.323 e. The second-order valence-electron chi connectivity index (χ2n) is 17.5. The smallest absolute Gasteiger partial charge is 0.323 e. The number of carbonyl (C=O) groups is 5. The van der Waals surface area contributed by atoms with Crippen LogP contribution in [-0.2, 0) is 47.7 Å². The van der Waals surface area contributed by atoms with Crippen molar-refractivity contribution in [3.63, 3.8) is 0 Å². The van der Waals surface area contributed by atoms with Gasteiger partial charge >= 0.3 is 11.9 Å². The third-order valence-corrected chi connectivity index (χ3v) is 15.9. The average Bonchev–Trinajstić information content (AvgIpc) is 3.44. The minimum Gasteiger partial charge on any atom is -0.468 e. The Morgan fingerprint density at radius 1 is 0.548 bits per heavy atom. The van der Waals surface area contributed by atoms with E-state index in [2.05, 4.69) is 151 Å². The monoisotopic (exact) mass is 1020 g/mol. The number of rotatable bonds is 32. The van der Waals surface area contributed by atoms with E-state index in [1.165, 1.54) is 14.2 Å². The summed E-state index contributed by atoms with van der Waals surface area (Å²) in [6, 6.07) is 62.1. The highest BCUT2D eigenvalue weighted by Crippen LogP contribution is 2.49. The number of amides is 1. The van der Waals surface area contributed by atoms with Gasteiger partial charge in [-0.15, -0.1) is 23.5 Å². The van der Waals surface area contributed by atoms with Gasteiger partial charge < -0.3 is 19.5 Å². The summed E-state index contributed by atoms with van der Waals surface area (Å²) in [6.07, 6.45) is 2.41. The summed E-state index contributed by atoms with van der Waals surface area (Å²) in [4.78, 5) is 67.5. The number of hydrogen-bond acceptors (Lipinski definition) is 12. The van der Waals surface area contributed by atoms with Gasteiger partial charge in [0.15, 0.2) is 0 Å². The SMILES string of the molecule is COC(=O)CN(CCOC=O)C(CCCCCC(=O)CN(CCSC(c1ccccc1)(c1ccccc1)c1ccccc1)CC(=O)NCCSC(c1ccccc1)(c1ccccc1)c1ccccc1)C(=O)OC. The molecule has 1 atom stereocenters. The van der Waals surface area contributed by atoms with E-state index in [1.807, 2.05) is 41.3 Å². The number of hydrogen-bond donors (Lipinski definition) is 1. The summed E-state index contributed by atoms with van der Waals surface area (Å²) >= 11 is 3.57. The molecule has 6 aromatic carbocycles. The Hall–Kier alpha value is -6.51. The Morgan fingerprint density at radius 3 is 1.40 bits per heavy atom. The van der Waals surface area contributed by atoms with Crippen LogP contribution in [0.4, 0.5) is 0 Å². The fourth-order valence-corrected chi connectivity index (χ4v) is 12.3. The molecule has 6 rings (SSSR count). The summed E-state index contributed by atoms with van der Waals surface area (Å²) in [5, 5.41) is 3.21. The molecule has 6 aromatic rings. The molecule has 0 aliphatic carbocycles. The third kappa shape index (κ3) is 15.7. The van der Waals surface area contributed by atoms with Crippen molar-refractivity contribution < 1.29 is 38.2 Å². The van der Waals surface area contributed by atoms with E-state index in [4.69, 9.17) is 14.2 Å². The highest BCUT2D eigenvalue weighted by atomic mass is 32.2.